The van der Waals surface area contributed by atoms with Crippen LogP contribution in [0.5, 0.6) is 0 Å². The number of carboxylic acids is 1. The van der Waals surface area contributed by atoms with Crippen LogP contribution in [0.4, 0.5) is 38.0 Å². The van der Waals surface area contributed by atoms with Crippen molar-refractivity contribution in [3.63, 3.8) is 0 Å². The molecule has 0 radical (unpaired) electrons. The quantitative estimate of drug-likeness (QED) is 0.401. The van der Waals surface area contributed by atoms with Gasteiger partial charge in [0.2, 0.25) is 5.95 Å². The summed E-state index contributed by atoms with van der Waals surface area (Å²) in [5.74, 6) is -3.53. The fraction of sp³-hybridized carbons (Fsp3) is 0.238. The SMILES string of the molecule is O=C(O)c1ccc(-c2nc(Nc3cc4c(cc3Cl)CN(C(=O)C(F)(F)F)CC4)ncc2C(F)(F)F)s1. The maximum absolute atomic E-state index is 13.5. The van der Waals surface area contributed by atoms with Crippen LogP contribution in [0, 0.1) is 0 Å². The molecule has 4 rings (SSSR count). The molecule has 0 aliphatic carbocycles. The normalized spacial score (nSPS) is 13.9. The number of fused-ring (bicyclic) bond motifs is 1. The van der Waals surface area contributed by atoms with E-state index < -0.39 is 35.5 Å². The van der Waals surface area contributed by atoms with Gasteiger partial charge in [-0.05, 0) is 41.8 Å². The van der Waals surface area contributed by atoms with Crippen LogP contribution in [0.2, 0.25) is 5.02 Å². The van der Waals surface area contributed by atoms with E-state index in [1.54, 1.807) is 0 Å². The molecule has 0 fully saturated rings. The highest BCUT2D eigenvalue weighted by Gasteiger charge is 2.43. The Bertz CT molecular complexity index is 1360. The summed E-state index contributed by atoms with van der Waals surface area (Å²) in [6, 6.07) is 5.22. The molecule has 0 spiro atoms. The third kappa shape index (κ3) is 5.23. The summed E-state index contributed by atoms with van der Waals surface area (Å²) < 4.78 is 78.9. The standard InChI is InChI=1S/C21H13ClF6N4O3S/c22-12-5-10-8-32(18(35)21(26,27)28)4-3-9(10)6-13(12)30-19-29-7-11(20(23,24)25)16(31-19)14-1-2-15(36-14)17(33)34/h1-2,5-7H,3-4,8H2,(H,33,34)(H,29,30,31). The Morgan fingerprint density at radius 2 is 1.83 bits per heavy atom. The van der Waals surface area contributed by atoms with Crippen molar-refractivity contribution >= 4 is 46.4 Å². The van der Waals surface area contributed by atoms with Crippen LogP contribution in [0.15, 0.2) is 30.5 Å². The number of anilines is 2. The first-order valence-electron chi connectivity index (χ1n) is 9.96. The summed E-state index contributed by atoms with van der Waals surface area (Å²) in [5, 5.41) is 11.8. The number of alkyl halides is 6. The van der Waals surface area contributed by atoms with Gasteiger partial charge in [0.15, 0.2) is 0 Å². The van der Waals surface area contributed by atoms with Crippen molar-refractivity contribution in [2.45, 2.75) is 25.3 Å². The highest BCUT2D eigenvalue weighted by Crippen LogP contribution is 2.39. The molecule has 0 bridgehead atoms. The Balaban J connectivity index is 1.65. The maximum atomic E-state index is 13.5. The molecule has 2 aromatic heterocycles. The van der Waals surface area contributed by atoms with Crippen molar-refractivity contribution in [3.8, 4) is 10.6 Å². The number of hydrogen-bond acceptors (Lipinski definition) is 6. The molecule has 2 N–H and O–H groups in total. The number of nitrogens with one attached hydrogen (secondary N) is 1. The fourth-order valence-corrected chi connectivity index (χ4v) is 4.65. The smallest absolute Gasteiger partial charge is 0.471 e. The minimum atomic E-state index is -5.01. The van der Waals surface area contributed by atoms with Gasteiger partial charge >= 0.3 is 24.2 Å². The Hall–Kier alpha value is -3.39. The third-order valence-electron chi connectivity index (χ3n) is 5.22. The number of halogens is 7. The highest BCUT2D eigenvalue weighted by atomic mass is 35.5. The van der Waals surface area contributed by atoms with E-state index >= 15 is 0 Å². The number of carbonyl (C=O) groups is 2. The largest absolute Gasteiger partial charge is 0.477 e. The molecule has 1 amide bonds. The summed E-state index contributed by atoms with van der Waals surface area (Å²) in [5.41, 5.74) is -0.535. The van der Waals surface area contributed by atoms with E-state index in [2.05, 4.69) is 15.3 Å². The summed E-state index contributed by atoms with van der Waals surface area (Å²) in [4.78, 5) is 30.7. The Kier molecular flexibility index (Phi) is 6.60. The van der Waals surface area contributed by atoms with Gasteiger partial charge in [-0.1, -0.05) is 11.6 Å². The van der Waals surface area contributed by atoms with Crippen LogP contribution >= 0.6 is 22.9 Å². The highest BCUT2D eigenvalue weighted by molar-refractivity contribution is 7.17. The molecule has 0 saturated heterocycles. The first-order chi connectivity index (χ1) is 16.7. The number of benzene rings is 1. The molecular weight excluding hydrogens is 538 g/mol. The van der Waals surface area contributed by atoms with Gasteiger partial charge in [-0.2, -0.15) is 26.3 Å². The number of carboxylic acid groups (broad SMARTS) is 1. The first kappa shape index (κ1) is 25.7. The van der Waals surface area contributed by atoms with Crippen molar-refractivity contribution in [2.24, 2.45) is 0 Å². The van der Waals surface area contributed by atoms with Crippen LogP contribution in [0.1, 0.15) is 26.4 Å². The van der Waals surface area contributed by atoms with Crippen molar-refractivity contribution in [2.75, 3.05) is 11.9 Å². The van der Waals surface area contributed by atoms with Crippen LogP contribution in [0.3, 0.4) is 0 Å². The van der Waals surface area contributed by atoms with Crippen molar-refractivity contribution in [1.29, 1.82) is 0 Å². The molecule has 0 atom stereocenters. The summed E-state index contributed by atoms with van der Waals surface area (Å²) in [7, 11) is 0. The number of hydrogen-bond donors (Lipinski definition) is 2. The van der Waals surface area contributed by atoms with E-state index in [0.717, 1.165) is 6.07 Å². The zero-order valence-electron chi connectivity index (χ0n) is 17.7. The summed E-state index contributed by atoms with van der Waals surface area (Å²) in [6.07, 6.45) is -9.17. The van der Waals surface area contributed by atoms with E-state index in [4.69, 9.17) is 16.7 Å². The second kappa shape index (κ2) is 9.24. The van der Waals surface area contributed by atoms with Crippen LogP contribution in [0.25, 0.3) is 10.6 Å². The van der Waals surface area contributed by atoms with Crippen molar-refractivity contribution in [1.82, 2.24) is 14.9 Å². The van der Waals surface area contributed by atoms with E-state index in [9.17, 15) is 35.9 Å². The second-order valence-electron chi connectivity index (χ2n) is 7.62. The maximum Gasteiger partial charge on any atom is 0.471 e. The number of thiophene rings is 1. The molecule has 7 nitrogen and oxygen atoms in total. The fourth-order valence-electron chi connectivity index (χ4n) is 3.57. The number of carbonyl (C=O) groups excluding carboxylic acids is 1. The number of nitrogens with zero attached hydrogens (tertiary/aromatic N) is 3. The topological polar surface area (TPSA) is 95.4 Å². The number of amides is 1. The Labute approximate surface area is 207 Å². The van der Waals surface area contributed by atoms with Gasteiger partial charge in [-0.3, -0.25) is 4.79 Å². The molecule has 3 aromatic rings. The Morgan fingerprint density at radius 3 is 2.44 bits per heavy atom. The lowest BCUT2D eigenvalue weighted by Crippen LogP contribution is -2.43. The van der Waals surface area contributed by atoms with Gasteiger partial charge in [0, 0.05) is 19.3 Å². The average Bonchev–Trinajstić information content (AvgIpc) is 3.28. The Morgan fingerprint density at radius 1 is 1.11 bits per heavy atom. The predicted molar refractivity (Wildman–Crippen MR) is 117 cm³/mol. The van der Waals surface area contributed by atoms with Crippen LogP contribution in [-0.2, 0) is 23.9 Å². The summed E-state index contributed by atoms with van der Waals surface area (Å²) >= 11 is 6.85. The minimum Gasteiger partial charge on any atom is -0.477 e. The monoisotopic (exact) mass is 550 g/mol. The van der Waals surface area contributed by atoms with Gasteiger partial charge in [0.05, 0.1) is 21.3 Å². The molecule has 15 heteroatoms. The third-order valence-corrected chi connectivity index (χ3v) is 6.61. The van der Waals surface area contributed by atoms with Gasteiger partial charge in [0.25, 0.3) is 0 Å². The van der Waals surface area contributed by atoms with E-state index in [-0.39, 0.29) is 45.9 Å². The minimum absolute atomic E-state index is 0.0180. The van der Waals surface area contributed by atoms with Crippen LogP contribution in [-0.4, -0.2) is 44.6 Å². The molecule has 0 unspecified atom stereocenters. The van der Waals surface area contributed by atoms with Crippen molar-refractivity contribution in [3.05, 3.63) is 57.1 Å². The molecule has 190 valence electrons. The molecule has 1 aliphatic rings. The molecular formula is C21H13ClF6N4O3S. The lowest BCUT2D eigenvalue weighted by molar-refractivity contribution is -0.186. The average molecular weight is 551 g/mol. The van der Waals surface area contributed by atoms with Crippen molar-refractivity contribution < 1.29 is 41.0 Å². The molecule has 3 heterocycles. The lowest BCUT2D eigenvalue weighted by Gasteiger charge is -2.30. The number of rotatable bonds is 4. The van der Waals surface area contributed by atoms with E-state index in [1.165, 1.54) is 18.2 Å². The molecule has 0 saturated carbocycles. The van der Waals surface area contributed by atoms with E-state index in [1.807, 2.05) is 0 Å². The predicted octanol–water partition coefficient (Wildman–Crippen LogP) is 5.77. The molecule has 1 aliphatic heterocycles. The van der Waals surface area contributed by atoms with Crippen LogP contribution < -0.4 is 5.32 Å². The zero-order chi connectivity index (χ0) is 26.4. The van der Waals surface area contributed by atoms with Gasteiger partial charge in [-0.25, -0.2) is 14.8 Å². The number of aromatic nitrogens is 2. The van der Waals surface area contributed by atoms with Gasteiger partial charge in [0.1, 0.15) is 10.4 Å². The molecule has 1 aromatic carbocycles. The first-order valence-corrected chi connectivity index (χ1v) is 11.2. The van der Waals surface area contributed by atoms with Gasteiger partial charge < -0.3 is 15.3 Å². The molecule has 36 heavy (non-hydrogen) atoms. The lowest BCUT2D eigenvalue weighted by atomic mass is 9.99. The number of aromatic carboxylic acids is 1. The summed E-state index contributed by atoms with van der Waals surface area (Å²) in [6.45, 7) is -0.490. The van der Waals surface area contributed by atoms with Gasteiger partial charge in [-0.15, -0.1) is 11.3 Å². The van der Waals surface area contributed by atoms with E-state index in [0.29, 0.717) is 33.6 Å². The second-order valence-corrected chi connectivity index (χ2v) is 9.11. The zero-order valence-corrected chi connectivity index (χ0v) is 19.2.